The number of ether oxygens (including phenoxy) is 2. The molecular formula is C33H37N5O5S2. The van der Waals surface area contributed by atoms with Crippen LogP contribution in [0.3, 0.4) is 0 Å². The number of hydrogen-bond acceptors (Lipinski definition) is 10. The first kappa shape index (κ1) is 32.6. The third-order valence-corrected chi connectivity index (χ3v) is 9.38. The number of carbonyl (C=O) groups excluding carboxylic acids is 2. The third-order valence-electron chi connectivity index (χ3n) is 7.27. The molecule has 1 fully saturated rings. The Kier molecular flexibility index (Phi) is 11.6. The van der Waals surface area contributed by atoms with Crippen LogP contribution in [0.2, 0.25) is 0 Å². The number of nitrogen functional groups attached to an aromatic ring is 1. The van der Waals surface area contributed by atoms with Crippen LogP contribution in [0.15, 0.2) is 77.1 Å². The third kappa shape index (κ3) is 9.59. The highest BCUT2D eigenvalue weighted by Gasteiger charge is 2.32. The molecule has 3 aromatic carbocycles. The van der Waals surface area contributed by atoms with Gasteiger partial charge in [0.1, 0.15) is 5.01 Å². The molecule has 4 aromatic rings. The zero-order chi connectivity index (χ0) is 31.6. The lowest BCUT2D eigenvalue weighted by Crippen LogP contribution is -2.31. The lowest BCUT2D eigenvalue weighted by Gasteiger charge is -2.36. The number of anilines is 3. The molecule has 5 N–H and O–H groups in total. The number of hydrogen-bond donors (Lipinski definition) is 4. The molecule has 0 saturated carbocycles. The van der Waals surface area contributed by atoms with E-state index in [0.29, 0.717) is 54.9 Å². The van der Waals surface area contributed by atoms with E-state index < -0.39 is 6.29 Å². The van der Waals surface area contributed by atoms with Gasteiger partial charge in [-0.3, -0.25) is 9.59 Å². The Morgan fingerprint density at radius 3 is 2.29 bits per heavy atom. The van der Waals surface area contributed by atoms with Gasteiger partial charge in [0.25, 0.3) is 0 Å². The van der Waals surface area contributed by atoms with Gasteiger partial charge in [-0.05, 0) is 55.2 Å². The molecule has 5 rings (SSSR count). The number of benzene rings is 3. The van der Waals surface area contributed by atoms with E-state index in [4.69, 9.17) is 15.2 Å². The normalized spacial score (nSPS) is 18.0. The fourth-order valence-electron chi connectivity index (χ4n) is 4.87. The van der Waals surface area contributed by atoms with E-state index in [1.165, 1.54) is 0 Å². The first-order valence-corrected chi connectivity index (χ1v) is 16.6. The van der Waals surface area contributed by atoms with Gasteiger partial charge in [-0.15, -0.1) is 10.2 Å². The van der Waals surface area contributed by atoms with Crippen LogP contribution in [0.4, 0.5) is 17.1 Å². The number of para-hydroxylation sites is 2. The van der Waals surface area contributed by atoms with E-state index >= 15 is 0 Å². The largest absolute Gasteiger partial charge is 0.397 e. The number of aromatic nitrogens is 2. The Bertz CT molecular complexity index is 1560. The average Bonchev–Trinajstić information content (AvgIpc) is 3.48. The molecule has 236 valence electrons. The van der Waals surface area contributed by atoms with Crippen molar-refractivity contribution in [2.75, 3.05) is 22.1 Å². The number of unbranched alkanes of at least 4 members (excludes halogenated alkanes) is 1. The highest BCUT2D eigenvalue weighted by Crippen LogP contribution is 2.40. The lowest BCUT2D eigenvalue weighted by molar-refractivity contribution is -0.245. The maximum absolute atomic E-state index is 12.6. The van der Waals surface area contributed by atoms with Crippen LogP contribution >= 0.6 is 23.1 Å². The van der Waals surface area contributed by atoms with Crippen molar-refractivity contribution in [1.82, 2.24) is 10.2 Å². The van der Waals surface area contributed by atoms with Crippen LogP contribution < -0.4 is 16.4 Å². The second kappa shape index (κ2) is 16.0. The summed E-state index contributed by atoms with van der Waals surface area (Å²) in [5.74, 6) is 0.461. The standard InChI is InChI=1S/C33H37N5O5S2/c1-21-37-38-33(45-21)44-20-26-18-29(23-12-10-22(19-39)11-13-23)43-32(42-26)24-14-16-25(17-15-24)35-30(40)8-4-5-9-31(41)36-28-7-3-2-6-27(28)34/h2-3,6-7,10-17,26,29,32,39H,4-5,8-9,18-20,34H2,1H3,(H,35,40)(H,36,41). The fraction of sp³-hybridized carbons (Fsp3) is 0.333. The molecule has 2 heterocycles. The summed E-state index contributed by atoms with van der Waals surface area (Å²) in [6.07, 6.45) is 1.59. The quantitative estimate of drug-likeness (QED) is 0.0735. The van der Waals surface area contributed by atoms with Crippen molar-refractivity contribution in [2.24, 2.45) is 0 Å². The Hall–Kier alpha value is -3.81. The fourth-order valence-corrected chi connectivity index (χ4v) is 6.72. The van der Waals surface area contributed by atoms with Gasteiger partial charge in [0.05, 0.1) is 30.2 Å². The number of nitrogens with two attached hydrogens (primary N) is 1. The molecule has 10 nitrogen and oxygen atoms in total. The molecule has 45 heavy (non-hydrogen) atoms. The Balaban J connectivity index is 1.13. The number of amides is 2. The summed E-state index contributed by atoms with van der Waals surface area (Å²) in [4.78, 5) is 24.8. The first-order valence-electron chi connectivity index (χ1n) is 14.8. The lowest BCUT2D eigenvalue weighted by atomic mass is 10.0. The van der Waals surface area contributed by atoms with Crippen molar-refractivity contribution in [1.29, 1.82) is 0 Å². The predicted octanol–water partition coefficient (Wildman–Crippen LogP) is 6.40. The van der Waals surface area contributed by atoms with Gasteiger partial charge in [-0.25, -0.2) is 0 Å². The van der Waals surface area contributed by atoms with Crippen LogP contribution in [0.25, 0.3) is 0 Å². The van der Waals surface area contributed by atoms with Gasteiger partial charge in [0.2, 0.25) is 11.8 Å². The molecule has 3 atom stereocenters. The van der Waals surface area contributed by atoms with Gasteiger partial charge in [0, 0.05) is 36.3 Å². The van der Waals surface area contributed by atoms with E-state index in [2.05, 4.69) is 20.8 Å². The van der Waals surface area contributed by atoms with Gasteiger partial charge in [0.15, 0.2) is 10.6 Å². The molecule has 0 spiro atoms. The number of nitrogens with zero attached hydrogens (tertiary/aromatic N) is 2. The molecule has 1 aliphatic rings. The van der Waals surface area contributed by atoms with E-state index in [9.17, 15) is 14.7 Å². The van der Waals surface area contributed by atoms with Gasteiger partial charge in [-0.2, -0.15) is 0 Å². The van der Waals surface area contributed by atoms with Crippen molar-refractivity contribution >= 4 is 52.0 Å². The molecule has 1 saturated heterocycles. The van der Waals surface area contributed by atoms with Crippen LogP contribution in [-0.4, -0.2) is 39.0 Å². The number of thioether (sulfide) groups is 1. The highest BCUT2D eigenvalue weighted by atomic mass is 32.2. The zero-order valence-corrected chi connectivity index (χ0v) is 26.6. The summed E-state index contributed by atoms with van der Waals surface area (Å²) in [5.41, 5.74) is 10.4. The molecule has 0 radical (unpaired) electrons. The van der Waals surface area contributed by atoms with E-state index in [1.807, 2.05) is 67.6 Å². The number of aliphatic hydroxyl groups is 1. The topological polar surface area (TPSA) is 149 Å². The van der Waals surface area contributed by atoms with Crippen LogP contribution in [0, 0.1) is 6.92 Å². The number of nitrogens with one attached hydrogen (secondary N) is 2. The van der Waals surface area contributed by atoms with Crippen LogP contribution in [0.1, 0.15) is 66.2 Å². The first-order chi connectivity index (χ1) is 21.9. The summed E-state index contributed by atoms with van der Waals surface area (Å²) in [7, 11) is 0. The van der Waals surface area contributed by atoms with Crippen molar-refractivity contribution in [3.63, 3.8) is 0 Å². The Morgan fingerprint density at radius 1 is 0.933 bits per heavy atom. The Labute approximate surface area is 270 Å². The molecular weight excluding hydrogens is 611 g/mol. The number of rotatable bonds is 13. The minimum Gasteiger partial charge on any atom is -0.397 e. The molecule has 0 aliphatic carbocycles. The molecule has 1 aromatic heterocycles. The molecule has 0 bridgehead atoms. The molecule has 2 amide bonds. The van der Waals surface area contributed by atoms with Crippen LogP contribution in [-0.2, 0) is 25.7 Å². The summed E-state index contributed by atoms with van der Waals surface area (Å²) < 4.78 is 13.7. The Morgan fingerprint density at radius 2 is 1.62 bits per heavy atom. The van der Waals surface area contributed by atoms with Gasteiger partial charge in [-0.1, -0.05) is 71.6 Å². The average molecular weight is 648 g/mol. The van der Waals surface area contributed by atoms with E-state index in [1.54, 1.807) is 35.2 Å². The minimum absolute atomic E-state index is 0.0111. The summed E-state index contributed by atoms with van der Waals surface area (Å²) in [6.45, 7) is 1.93. The highest BCUT2D eigenvalue weighted by molar-refractivity contribution is 8.01. The SMILES string of the molecule is Cc1nnc(SCC2CC(c3ccc(CO)cc3)OC(c3ccc(NC(=O)CCCCC(=O)Nc4ccccc4N)cc3)O2)s1. The summed E-state index contributed by atoms with van der Waals surface area (Å²) in [6, 6.07) is 22.4. The molecule has 1 aliphatic heterocycles. The molecule has 3 unspecified atom stereocenters. The monoisotopic (exact) mass is 647 g/mol. The van der Waals surface area contributed by atoms with E-state index in [-0.39, 0.29) is 30.6 Å². The van der Waals surface area contributed by atoms with Gasteiger partial charge < -0.3 is 30.9 Å². The van der Waals surface area contributed by atoms with Crippen molar-refractivity contribution in [3.05, 3.63) is 94.5 Å². The van der Waals surface area contributed by atoms with Crippen molar-refractivity contribution in [2.45, 2.75) is 68.5 Å². The second-order valence-corrected chi connectivity index (χ2v) is 13.2. The maximum Gasteiger partial charge on any atom is 0.224 e. The zero-order valence-electron chi connectivity index (χ0n) is 25.0. The van der Waals surface area contributed by atoms with Crippen molar-refractivity contribution < 1.29 is 24.2 Å². The smallest absolute Gasteiger partial charge is 0.224 e. The van der Waals surface area contributed by atoms with E-state index in [0.717, 1.165) is 26.0 Å². The molecule has 12 heteroatoms. The number of aliphatic hydroxyl groups excluding tert-OH is 1. The summed E-state index contributed by atoms with van der Waals surface area (Å²) >= 11 is 3.19. The number of carbonyl (C=O) groups is 2. The predicted molar refractivity (Wildman–Crippen MR) is 177 cm³/mol. The maximum atomic E-state index is 12.6. The van der Waals surface area contributed by atoms with Crippen LogP contribution in [0.5, 0.6) is 0 Å². The minimum atomic E-state index is -0.592. The number of aryl methyl sites for hydroxylation is 1. The summed E-state index contributed by atoms with van der Waals surface area (Å²) in [5, 5.41) is 24.4. The second-order valence-electron chi connectivity index (χ2n) is 10.8. The van der Waals surface area contributed by atoms with Crippen molar-refractivity contribution in [3.8, 4) is 0 Å². The van der Waals surface area contributed by atoms with Gasteiger partial charge >= 0.3 is 0 Å².